The third-order valence-electron chi connectivity index (χ3n) is 2.66. The van der Waals surface area contributed by atoms with Gasteiger partial charge in [0.1, 0.15) is 0 Å². The molecule has 2 rings (SSSR count). The Balaban J connectivity index is 1.93. The maximum Gasteiger partial charge on any atom is 0.0388 e. The second-order valence-corrected chi connectivity index (χ2v) is 3.67. The molecule has 2 N–H and O–H groups in total. The lowest BCUT2D eigenvalue weighted by Gasteiger charge is -2.26. The Kier molecular flexibility index (Phi) is 2.66. The Morgan fingerprint density at radius 1 is 1.38 bits per heavy atom. The van der Waals surface area contributed by atoms with E-state index in [0.717, 1.165) is 19.6 Å². The van der Waals surface area contributed by atoms with E-state index in [-0.39, 0.29) is 0 Å². The van der Waals surface area contributed by atoms with Crippen molar-refractivity contribution in [3.8, 4) is 0 Å². The van der Waals surface area contributed by atoms with Gasteiger partial charge >= 0.3 is 0 Å². The molecule has 2 heterocycles. The molecule has 1 aliphatic rings. The van der Waals surface area contributed by atoms with Gasteiger partial charge in [-0.25, -0.2) is 0 Å². The normalized spacial score (nSPS) is 19.2. The number of aromatic amines is 1. The molecule has 72 valence electrons. The van der Waals surface area contributed by atoms with Gasteiger partial charge in [0.2, 0.25) is 0 Å². The number of aromatic nitrogens is 1. The van der Waals surface area contributed by atoms with Gasteiger partial charge in [0.05, 0.1) is 0 Å². The van der Waals surface area contributed by atoms with Crippen molar-refractivity contribution in [3.63, 3.8) is 0 Å². The van der Waals surface area contributed by atoms with E-state index in [9.17, 15) is 0 Å². The Labute approximate surface area is 79.1 Å². The lowest BCUT2D eigenvalue weighted by Crippen LogP contribution is -2.43. The van der Waals surface area contributed by atoms with E-state index in [1.165, 1.54) is 24.3 Å². The van der Waals surface area contributed by atoms with Crippen LogP contribution in [0.4, 0.5) is 0 Å². The van der Waals surface area contributed by atoms with Gasteiger partial charge in [0.15, 0.2) is 0 Å². The molecule has 13 heavy (non-hydrogen) atoms. The maximum atomic E-state index is 3.36. The molecule has 3 heteroatoms. The molecule has 0 unspecified atom stereocenters. The number of nitrogens with one attached hydrogen (secondary N) is 2. The van der Waals surface area contributed by atoms with E-state index in [4.69, 9.17) is 0 Å². The summed E-state index contributed by atoms with van der Waals surface area (Å²) >= 11 is 0. The summed E-state index contributed by atoms with van der Waals surface area (Å²) in [5.41, 5.74) is 2.74. The second kappa shape index (κ2) is 3.94. The summed E-state index contributed by atoms with van der Waals surface area (Å²) in [6.45, 7) is 7.81. The van der Waals surface area contributed by atoms with Crippen molar-refractivity contribution in [1.29, 1.82) is 0 Å². The molecule has 0 amide bonds. The Morgan fingerprint density at radius 3 is 2.77 bits per heavy atom. The molecule has 0 aromatic carbocycles. The second-order valence-electron chi connectivity index (χ2n) is 3.67. The van der Waals surface area contributed by atoms with Crippen molar-refractivity contribution in [3.05, 3.63) is 23.5 Å². The number of hydrogen-bond donors (Lipinski definition) is 2. The lowest BCUT2D eigenvalue weighted by molar-refractivity contribution is 0.230. The van der Waals surface area contributed by atoms with Crippen LogP contribution in [-0.4, -0.2) is 36.1 Å². The Morgan fingerprint density at radius 2 is 2.15 bits per heavy atom. The monoisotopic (exact) mass is 179 g/mol. The van der Waals surface area contributed by atoms with Gasteiger partial charge < -0.3 is 10.3 Å². The molecule has 3 nitrogen and oxygen atoms in total. The fraction of sp³-hybridized carbons (Fsp3) is 0.600. The molecule has 0 radical (unpaired) electrons. The van der Waals surface area contributed by atoms with Crippen molar-refractivity contribution in [1.82, 2.24) is 15.2 Å². The number of aryl methyl sites for hydroxylation is 1. The minimum atomic E-state index is 1.07. The van der Waals surface area contributed by atoms with Crippen molar-refractivity contribution < 1.29 is 0 Å². The fourth-order valence-corrected chi connectivity index (χ4v) is 1.74. The van der Waals surface area contributed by atoms with E-state index in [2.05, 4.69) is 28.2 Å². The number of nitrogens with zero attached hydrogens (tertiary/aromatic N) is 1. The van der Waals surface area contributed by atoms with Gasteiger partial charge in [0.25, 0.3) is 0 Å². The largest absolute Gasteiger partial charge is 0.364 e. The van der Waals surface area contributed by atoms with Gasteiger partial charge in [0, 0.05) is 44.6 Å². The molecule has 1 aromatic rings. The maximum absolute atomic E-state index is 3.36. The Hall–Kier alpha value is -0.800. The highest BCUT2D eigenvalue weighted by Gasteiger charge is 2.10. The van der Waals surface area contributed by atoms with Gasteiger partial charge in [-0.2, -0.15) is 0 Å². The Bertz CT molecular complexity index is 261. The van der Waals surface area contributed by atoms with E-state index >= 15 is 0 Å². The zero-order valence-electron chi connectivity index (χ0n) is 8.14. The average molecular weight is 179 g/mol. The zero-order valence-corrected chi connectivity index (χ0v) is 8.14. The summed E-state index contributed by atoms with van der Waals surface area (Å²) in [6, 6.07) is 2.14. The van der Waals surface area contributed by atoms with Crippen LogP contribution in [-0.2, 0) is 6.54 Å². The van der Waals surface area contributed by atoms with Crippen molar-refractivity contribution in [2.24, 2.45) is 0 Å². The third-order valence-corrected chi connectivity index (χ3v) is 2.66. The molecule has 0 atom stereocenters. The number of piperazine rings is 1. The van der Waals surface area contributed by atoms with Crippen LogP contribution < -0.4 is 5.32 Å². The van der Waals surface area contributed by atoms with Crippen molar-refractivity contribution >= 4 is 0 Å². The first-order valence-electron chi connectivity index (χ1n) is 4.92. The highest BCUT2D eigenvalue weighted by atomic mass is 15.2. The molecular formula is C10H17N3. The topological polar surface area (TPSA) is 31.1 Å². The van der Waals surface area contributed by atoms with Crippen molar-refractivity contribution in [2.45, 2.75) is 13.5 Å². The van der Waals surface area contributed by atoms with Crippen LogP contribution in [0.2, 0.25) is 0 Å². The molecule has 0 aliphatic carbocycles. The van der Waals surface area contributed by atoms with Crippen LogP contribution in [0.15, 0.2) is 12.3 Å². The molecule has 0 bridgehead atoms. The summed E-state index contributed by atoms with van der Waals surface area (Å²) in [5.74, 6) is 0. The van der Waals surface area contributed by atoms with E-state index in [0.29, 0.717) is 0 Å². The predicted octanol–water partition coefficient (Wildman–Crippen LogP) is 0.728. The summed E-state index contributed by atoms with van der Waals surface area (Å²) in [4.78, 5) is 5.77. The molecule has 1 aromatic heterocycles. The van der Waals surface area contributed by atoms with Gasteiger partial charge in [-0.05, 0) is 18.6 Å². The van der Waals surface area contributed by atoms with Crippen LogP contribution in [0.25, 0.3) is 0 Å². The van der Waals surface area contributed by atoms with Crippen LogP contribution >= 0.6 is 0 Å². The van der Waals surface area contributed by atoms with Gasteiger partial charge in [-0.15, -0.1) is 0 Å². The number of H-pyrrole nitrogens is 1. The minimum Gasteiger partial charge on any atom is -0.364 e. The molecule has 0 spiro atoms. The third kappa shape index (κ3) is 2.11. The molecule has 1 aliphatic heterocycles. The SMILES string of the molecule is Cc1cc[nH]c1CN1CCNCC1. The van der Waals surface area contributed by atoms with Gasteiger partial charge in [-0.3, -0.25) is 4.90 Å². The van der Waals surface area contributed by atoms with Crippen LogP contribution in [0.3, 0.4) is 0 Å². The van der Waals surface area contributed by atoms with E-state index in [1.54, 1.807) is 0 Å². The first-order valence-corrected chi connectivity index (χ1v) is 4.92. The van der Waals surface area contributed by atoms with Crippen LogP contribution in [0.5, 0.6) is 0 Å². The predicted molar refractivity (Wildman–Crippen MR) is 53.7 cm³/mol. The van der Waals surface area contributed by atoms with E-state index in [1.807, 2.05) is 6.20 Å². The lowest BCUT2D eigenvalue weighted by atomic mass is 10.2. The summed E-state index contributed by atoms with van der Waals surface area (Å²) < 4.78 is 0. The molecule has 1 saturated heterocycles. The molecular weight excluding hydrogens is 162 g/mol. The minimum absolute atomic E-state index is 1.07. The van der Waals surface area contributed by atoms with E-state index < -0.39 is 0 Å². The zero-order chi connectivity index (χ0) is 9.10. The quantitative estimate of drug-likeness (QED) is 0.701. The summed E-state index contributed by atoms with van der Waals surface area (Å²) in [5, 5.41) is 3.36. The first-order chi connectivity index (χ1) is 6.36. The fourth-order valence-electron chi connectivity index (χ4n) is 1.74. The summed E-state index contributed by atoms with van der Waals surface area (Å²) in [6.07, 6.45) is 2.02. The average Bonchev–Trinajstić information content (AvgIpc) is 2.54. The molecule has 0 saturated carbocycles. The van der Waals surface area contributed by atoms with Crippen LogP contribution in [0.1, 0.15) is 11.3 Å². The number of rotatable bonds is 2. The molecule has 1 fully saturated rings. The van der Waals surface area contributed by atoms with Crippen LogP contribution in [0, 0.1) is 6.92 Å². The smallest absolute Gasteiger partial charge is 0.0388 e. The highest BCUT2D eigenvalue weighted by Crippen LogP contribution is 2.08. The highest BCUT2D eigenvalue weighted by molar-refractivity contribution is 5.18. The number of hydrogen-bond acceptors (Lipinski definition) is 2. The first kappa shape index (κ1) is 8.78. The summed E-state index contributed by atoms with van der Waals surface area (Å²) in [7, 11) is 0. The standard InChI is InChI=1S/C10H17N3/c1-9-2-3-12-10(9)8-13-6-4-11-5-7-13/h2-3,11-12H,4-8H2,1H3. The van der Waals surface area contributed by atoms with Gasteiger partial charge in [-0.1, -0.05) is 0 Å². The van der Waals surface area contributed by atoms with Crippen molar-refractivity contribution in [2.75, 3.05) is 26.2 Å².